The van der Waals surface area contributed by atoms with Crippen LogP contribution in [0.3, 0.4) is 0 Å². The first-order valence-corrected chi connectivity index (χ1v) is 12.3. The fourth-order valence-electron chi connectivity index (χ4n) is 3.33. The van der Waals surface area contributed by atoms with E-state index < -0.39 is 0 Å². The van der Waals surface area contributed by atoms with Gasteiger partial charge in [-0.3, -0.25) is 9.36 Å². The number of thioether (sulfide) groups is 1. The first-order valence-electron chi connectivity index (χ1n) is 10.6. The molecule has 1 heterocycles. The molecule has 0 radical (unpaired) electrons. The smallest absolute Gasteiger partial charge is 0.234 e. The summed E-state index contributed by atoms with van der Waals surface area (Å²) in [6.07, 6.45) is 0. The number of benzene rings is 3. The third-order valence-corrected chi connectivity index (χ3v) is 6.70. The van der Waals surface area contributed by atoms with Gasteiger partial charge in [-0.05, 0) is 67.9 Å². The molecule has 0 aliphatic carbocycles. The standard InChI is InChI=1S/C25H22Cl2N4O2S/c1-3-33-18-13-11-17(12-14-18)31-24(19-7-4-5-8-21(19)27)29-30-25(31)34-15-23(32)28-22-10-6-9-20(26)16(22)2/h4-14H,3,15H2,1-2H3,(H,28,32). The van der Waals surface area contributed by atoms with Gasteiger partial charge in [-0.25, -0.2) is 0 Å². The van der Waals surface area contributed by atoms with Crippen molar-refractivity contribution in [3.8, 4) is 22.8 Å². The molecule has 0 aliphatic heterocycles. The molecular formula is C25H22Cl2N4O2S. The summed E-state index contributed by atoms with van der Waals surface area (Å²) in [6.45, 7) is 4.39. The Morgan fingerprint density at radius 2 is 1.74 bits per heavy atom. The van der Waals surface area contributed by atoms with Gasteiger partial charge in [0.15, 0.2) is 11.0 Å². The van der Waals surface area contributed by atoms with Gasteiger partial charge in [0.2, 0.25) is 5.91 Å². The summed E-state index contributed by atoms with van der Waals surface area (Å²) in [4.78, 5) is 12.7. The summed E-state index contributed by atoms with van der Waals surface area (Å²) >= 11 is 13.9. The molecule has 0 saturated heterocycles. The van der Waals surface area contributed by atoms with Crippen molar-refractivity contribution in [1.29, 1.82) is 0 Å². The van der Waals surface area contributed by atoms with Crippen molar-refractivity contribution in [3.63, 3.8) is 0 Å². The molecule has 4 rings (SSSR count). The fraction of sp³-hybridized carbons (Fsp3) is 0.160. The molecule has 0 spiro atoms. The lowest BCUT2D eigenvalue weighted by atomic mass is 10.2. The highest BCUT2D eigenvalue weighted by Crippen LogP contribution is 2.32. The Balaban J connectivity index is 1.62. The summed E-state index contributed by atoms with van der Waals surface area (Å²) in [7, 11) is 0. The van der Waals surface area contributed by atoms with Crippen LogP contribution in [0.1, 0.15) is 12.5 Å². The lowest BCUT2D eigenvalue weighted by Gasteiger charge is -2.12. The van der Waals surface area contributed by atoms with Crippen molar-refractivity contribution in [1.82, 2.24) is 14.8 Å². The maximum atomic E-state index is 12.7. The van der Waals surface area contributed by atoms with Crippen LogP contribution in [0.2, 0.25) is 10.0 Å². The molecule has 1 aromatic heterocycles. The zero-order valence-corrected chi connectivity index (χ0v) is 20.9. The van der Waals surface area contributed by atoms with Gasteiger partial charge in [0.05, 0.1) is 17.4 Å². The predicted molar refractivity (Wildman–Crippen MR) is 139 cm³/mol. The maximum Gasteiger partial charge on any atom is 0.234 e. The first-order chi connectivity index (χ1) is 16.5. The molecule has 4 aromatic rings. The molecule has 1 N–H and O–H groups in total. The molecule has 1 amide bonds. The van der Waals surface area contributed by atoms with Crippen molar-refractivity contribution in [2.24, 2.45) is 0 Å². The average molecular weight is 513 g/mol. The minimum atomic E-state index is -0.170. The van der Waals surface area contributed by atoms with Gasteiger partial charge in [0.25, 0.3) is 0 Å². The number of amides is 1. The van der Waals surface area contributed by atoms with Crippen LogP contribution in [0, 0.1) is 6.92 Å². The van der Waals surface area contributed by atoms with E-state index >= 15 is 0 Å². The lowest BCUT2D eigenvalue weighted by Crippen LogP contribution is -2.15. The van der Waals surface area contributed by atoms with Crippen molar-refractivity contribution in [3.05, 3.63) is 82.3 Å². The van der Waals surface area contributed by atoms with E-state index in [1.165, 1.54) is 11.8 Å². The van der Waals surface area contributed by atoms with E-state index in [2.05, 4.69) is 15.5 Å². The van der Waals surface area contributed by atoms with E-state index in [1.54, 1.807) is 12.1 Å². The Bertz CT molecular complexity index is 1310. The van der Waals surface area contributed by atoms with Crippen molar-refractivity contribution >= 4 is 46.6 Å². The van der Waals surface area contributed by atoms with Crippen LogP contribution >= 0.6 is 35.0 Å². The SMILES string of the molecule is CCOc1ccc(-n2c(SCC(=O)Nc3cccc(Cl)c3C)nnc2-c2ccccc2Cl)cc1. The molecule has 3 aromatic carbocycles. The van der Waals surface area contributed by atoms with Gasteiger partial charge in [-0.2, -0.15) is 0 Å². The predicted octanol–water partition coefficient (Wildman–Crippen LogP) is 6.68. The molecule has 174 valence electrons. The number of hydrogen-bond donors (Lipinski definition) is 1. The van der Waals surface area contributed by atoms with Gasteiger partial charge >= 0.3 is 0 Å². The Kier molecular flexibility index (Phi) is 7.77. The highest BCUT2D eigenvalue weighted by molar-refractivity contribution is 7.99. The topological polar surface area (TPSA) is 69.0 Å². The number of nitrogens with zero attached hydrogens (tertiary/aromatic N) is 3. The number of hydrogen-bond acceptors (Lipinski definition) is 5. The van der Waals surface area contributed by atoms with Gasteiger partial charge in [0, 0.05) is 22.0 Å². The van der Waals surface area contributed by atoms with E-state index in [9.17, 15) is 4.79 Å². The molecule has 0 fully saturated rings. The van der Waals surface area contributed by atoms with Crippen LogP contribution in [0.25, 0.3) is 17.1 Å². The van der Waals surface area contributed by atoms with Gasteiger partial charge in [-0.15, -0.1) is 10.2 Å². The number of halogens is 2. The van der Waals surface area contributed by atoms with E-state index in [0.717, 1.165) is 22.6 Å². The van der Waals surface area contributed by atoms with E-state index in [1.807, 2.05) is 73.0 Å². The average Bonchev–Trinajstić information content (AvgIpc) is 3.25. The molecule has 6 nitrogen and oxygen atoms in total. The summed E-state index contributed by atoms with van der Waals surface area (Å²) in [5, 5.41) is 13.4. The molecule has 0 saturated carbocycles. The summed E-state index contributed by atoms with van der Waals surface area (Å²) in [6, 6.07) is 20.5. The van der Waals surface area contributed by atoms with E-state index in [-0.39, 0.29) is 11.7 Å². The van der Waals surface area contributed by atoms with Crippen LogP contribution in [0.4, 0.5) is 5.69 Å². The second-order valence-corrected chi connectivity index (χ2v) is 9.05. The summed E-state index contributed by atoms with van der Waals surface area (Å²) < 4.78 is 7.46. The quantitative estimate of drug-likeness (QED) is 0.266. The van der Waals surface area contributed by atoms with Gasteiger partial charge in [-0.1, -0.05) is 53.2 Å². The van der Waals surface area contributed by atoms with Crippen molar-refractivity contribution in [2.45, 2.75) is 19.0 Å². The summed E-state index contributed by atoms with van der Waals surface area (Å²) in [5.74, 6) is 1.33. The first kappa shape index (κ1) is 24.1. The number of aromatic nitrogens is 3. The van der Waals surface area contributed by atoms with Crippen LogP contribution in [0.15, 0.2) is 71.9 Å². The van der Waals surface area contributed by atoms with Crippen LogP contribution in [-0.4, -0.2) is 33.0 Å². The normalized spacial score (nSPS) is 10.8. The molecule has 0 atom stereocenters. The highest BCUT2D eigenvalue weighted by Gasteiger charge is 2.19. The minimum absolute atomic E-state index is 0.142. The maximum absolute atomic E-state index is 12.7. The highest BCUT2D eigenvalue weighted by atomic mass is 35.5. The number of rotatable bonds is 8. The third-order valence-electron chi connectivity index (χ3n) is 5.03. The molecule has 34 heavy (non-hydrogen) atoms. The van der Waals surface area contributed by atoms with Gasteiger partial charge < -0.3 is 10.1 Å². The Morgan fingerprint density at radius 3 is 2.47 bits per heavy atom. The number of carbonyl (C=O) groups excluding carboxylic acids is 1. The molecule has 0 bridgehead atoms. The minimum Gasteiger partial charge on any atom is -0.494 e. The van der Waals surface area contributed by atoms with Crippen LogP contribution in [0.5, 0.6) is 5.75 Å². The van der Waals surface area contributed by atoms with Crippen LogP contribution in [-0.2, 0) is 4.79 Å². The summed E-state index contributed by atoms with van der Waals surface area (Å²) in [5.41, 5.74) is 3.08. The lowest BCUT2D eigenvalue weighted by molar-refractivity contribution is -0.113. The zero-order valence-electron chi connectivity index (χ0n) is 18.6. The monoisotopic (exact) mass is 512 g/mol. The number of nitrogens with one attached hydrogen (secondary N) is 1. The molecule has 0 aliphatic rings. The van der Waals surface area contributed by atoms with Gasteiger partial charge in [0.1, 0.15) is 5.75 Å². The second-order valence-electron chi connectivity index (χ2n) is 7.30. The number of carbonyl (C=O) groups is 1. The molecular weight excluding hydrogens is 491 g/mol. The largest absolute Gasteiger partial charge is 0.494 e. The van der Waals surface area contributed by atoms with Crippen LogP contribution < -0.4 is 10.1 Å². The Hall–Kier alpha value is -3.00. The zero-order chi connectivity index (χ0) is 24.1. The van der Waals surface area contributed by atoms with Crippen molar-refractivity contribution < 1.29 is 9.53 Å². The second kappa shape index (κ2) is 11.0. The number of anilines is 1. The van der Waals surface area contributed by atoms with E-state index in [0.29, 0.717) is 33.3 Å². The Labute approximate surface area is 212 Å². The van der Waals surface area contributed by atoms with Crippen molar-refractivity contribution in [2.75, 3.05) is 17.7 Å². The number of ether oxygens (including phenoxy) is 1. The molecule has 9 heteroatoms. The van der Waals surface area contributed by atoms with E-state index in [4.69, 9.17) is 27.9 Å². The Morgan fingerprint density at radius 1 is 1.00 bits per heavy atom. The fourth-order valence-corrected chi connectivity index (χ4v) is 4.48. The molecule has 0 unspecified atom stereocenters. The third kappa shape index (κ3) is 5.38.